The van der Waals surface area contributed by atoms with Crippen LogP contribution in [-0.4, -0.2) is 58.1 Å². The third-order valence-corrected chi connectivity index (χ3v) is 5.48. The number of nitrogens with one attached hydrogen (secondary N) is 3. The van der Waals surface area contributed by atoms with Crippen molar-refractivity contribution in [3.05, 3.63) is 60.6 Å². The molecule has 1 aromatic carbocycles. The number of aromatic nitrogens is 4. The number of rotatable bonds is 6. The van der Waals surface area contributed by atoms with E-state index in [1.807, 2.05) is 30.6 Å². The number of hydrogen-bond acceptors (Lipinski definition) is 7. The number of methoxy groups -OCH3 is 1. The Labute approximate surface area is 180 Å². The molecule has 3 N–H and O–H groups in total. The molecule has 1 aliphatic heterocycles. The highest BCUT2D eigenvalue weighted by Gasteiger charge is 2.12. The number of benzene rings is 1. The van der Waals surface area contributed by atoms with Gasteiger partial charge in [-0.1, -0.05) is 6.07 Å². The summed E-state index contributed by atoms with van der Waals surface area (Å²) in [5.74, 6) is 2.23. The smallest absolute Gasteiger partial charge is 0.206 e. The number of nitrogens with zero attached hydrogens (tertiary/aromatic N) is 4. The Bertz CT molecular complexity index is 1180. The van der Waals surface area contributed by atoms with Crippen LogP contribution in [-0.2, 0) is 6.54 Å². The minimum Gasteiger partial charge on any atom is -0.496 e. The van der Waals surface area contributed by atoms with Gasteiger partial charge in [-0.15, -0.1) is 0 Å². The second-order valence-electron chi connectivity index (χ2n) is 7.59. The summed E-state index contributed by atoms with van der Waals surface area (Å²) in [5, 5.41) is 6.70. The molecule has 4 aromatic rings. The Hall–Kier alpha value is -3.49. The summed E-state index contributed by atoms with van der Waals surface area (Å²) >= 11 is 0. The number of anilines is 2. The number of ether oxygens (including phenoxy) is 1. The SMILES string of the molecule is COc1ccncc1-c1ccc2nc(Nc3cc(CN4CCNCC4)ccn3)[nH]c2c1. The summed E-state index contributed by atoms with van der Waals surface area (Å²) < 4.78 is 5.47. The van der Waals surface area contributed by atoms with Gasteiger partial charge in [0.05, 0.1) is 18.1 Å². The van der Waals surface area contributed by atoms with E-state index in [-0.39, 0.29) is 0 Å². The maximum atomic E-state index is 5.47. The first-order chi connectivity index (χ1) is 15.3. The van der Waals surface area contributed by atoms with Crippen LogP contribution >= 0.6 is 0 Å². The summed E-state index contributed by atoms with van der Waals surface area (Å²) in [7, 11) is 1.67. The first-order valence-electron chi connectivity index (χ1n) is 10.4. The maximum Gasteiger partial charge on any atom is 0.206 e. The number of pyridine rings is 2. The van der Waals surface area contributed by atoms with E-state index in [2.05, 4.69) is 53.7 Å². The van der Waals surface area contributed by atoms with Gasteiger partial charge >= 0.3 is 0 Å². The van der Waals surface area contributed by atoms with Gasteiger partial charge < -0.3 is 20.4 Å². The molecule has 4 heterocycles. The van der Waals surface area contributed by atoms with Crippen LogP contribution in [0.4, 0.5) is 11.8 Å². The van der Waals surface area contributed by atoms with E-state index in [0.717, 1.165) is 66.5 Å². The lowest BCUT2D eigenvalue weighted by molar-refractivity contribution is 0.233. The van der Waals surface area contributed by atoms with Crippen LogP contribution in [0.2, 0.25) is 0 Å². The summed E-state index contributed by atoms with van der Waals surface area (Å²) in [4.78, 5) is 19.1. The number of aromatic amines is 1. The third-order valence-electron chi connectivity index (χ3n) is 5.48. The Morgan fingerprint density at radius 2 is 2.00 bits per heavy atom. The molecule has 5 rings (SSSR count). The van der Waals surface area contributed by atoms with Gasteiger partial charge in [0.2, 0.25) is 5.95 Å². The van der Waals surface area contributed by atoms with E-state index in [9.17, 15) is 0 Å². The number of hydrogen-bond donors (Lipinski definition) is 3. The maximum absolute atomic E-state index is 5.47. The van der Waals surface area contributed by atoms with Crippen molar-refractivity contribution in [2.45, 2.75) is 6.54 Å². The van der Waals surface area contributed by atoms with Crippen molar-refractivity contribution in [2.75, 3.05) is 38.6 Å². The topological polar surface area (TPSA) is 91.0 Å². The van der Waals surface area contributed by atoms with E-state index in [4.69, 9.17) is 4.74 Å². The highest BCUT2D eigenvalue weighted by atomic mass is 16.5. The molecule has 0 saturated carbocycles. The average molecular weight is 416 g/mol. The molecule has 3 aromatic heterocycles. The van der Waals surface area contributed by atoms with Gasteiger partial charge in [0.25, 0.3) is 0 Å². The number of H-pyrrole nitrogens is 1. The summed E-state index contributed by atoms with van der Waals surface area (Å²) in [6.07, 6.45) is 5.38. The van der Waals surface area contributed by atoms with Crippen LogP contribution in [0.15, 0.2) is 55.0 Å². The van der Waals surface area contributed by atoms with Crippen molar-refractivity contribution in [3.8, 4) is 16.9 Å². The molecule has 8 heteroatoms. The number of fused-ring (bicyclic) bond motifs is 1. The fourth-order valence-corrected chi connectivity index (χ4v) is 3.90. The molecule has 1 fully saturated rings. The van der Waals surface area contributed by atoms with Gasteiger partial charge in [-0.2, -0.15) is 0 Å². The van der Waals surface area contributed by atoms with Crippen LogP contribution in [0.25, 0.3) is 22.2 Å². The molecule has 31 heavy (non-hydrogen) atoms. The zero-order chi connectivity index (χ0) is 21.0. The number of imidazole rings is 1. The van der Waals surface area contributed by atoms with Crippen molar-refractivity contribution < 1.29 is 4.74 Å². The molecule has 8 nitrogen and oxygen atoms in total. The normalized spacial score (nSPS) is 14.6. The predicted molar refractivity (Wildman–Crippen MR) is 122 cm³/mol. The largest absolute Gasteiger partial charge is 0.496 e. The summed E-state index contributed by atoms with van der Waals surface area (Å²) in [6.45, 7) is 5.15. The molecule has 0 radical (unpaired) electrons. The standard InChI is InChI=1S/C23H25N7O/c1-31-21-5-6-25-14-18(21)17-2-3-19-20(13-17)28-23(27-19)29-22-12-16(4-7-26-22)15-30-10-8-24-9-11-30/h2-7,12-14,24H,8-11,15H2,1H3,(H2,26,27,28,29). The second-order valence-corrected chi connectivity index (χ2v) is 7.59. The Morgan fingerprint density at radius 3 is 2.87 bits per heavy atom. The van der Waals surface area contributed by atoms with Crippen LogP contribution in [0.5, 0.6) is 5.75 Å². The van der Waals surface area contributed by atoms with Crippen molar-refractivity contribution in [1.29, 1.82) is 0 Å². The fraction of sp³-hybridized carbons (Fsp3) is 0.261. The molecule has 0 unspecified atom stereocenters. The molecule has 0 spiro atoms. The van der Waals surface area contributed by atoms with Crippen molar-refractivity contribution in [3.63, 3.8) is 0 Å². The molecular weight excluding hydrogens is 390 g/mol. The van der Waals surface area contributed by atoms with Gasteiger partial charge in [-0.05, 0) is 41.5 Å². The lowest BCUT2D eigenvalue weighted by atomic mass is 10.1. The minimum atomic E-state index is 0.664. The lowest BCUT2D eigenvalue weighted by Crippen LogP contribution is -2.42. The average Bonchev–Trinajstić information content (AvgIpc) is 3.21. The molecule has 0 aliphatic carbocycles. The van der Waals surface area contributed by atoms with E-state index < -0.39 is 0 Å². The van der Waals surface area contributed by atoms with Gasteiger partial charge in [-0.25, -0.2) is 9.97 Å². The van der Waals surface area contributed by atoms with Crippen molar-refractivity contribution in [1.82, 2.24) is 30.2 Å². The van der Waals surface area contributed by atoms with E-state index in [1.165, 1.54) is 5.56 Å². The molecule has 0 atom stereocenters. The number of piperazine rings is 1. The van der Waals surface area contributed by atoms with Gasteiger partial charge in [0.15, 0.2) is 0 Å². The molecule has 0 bridgehead atoms. The van der Waals surface area contributed by atoms with Gasteiger partial charge in [0, 0.05) is 56.9 Å². The summed E-state index contributed by atoms with van der Waals surface area (Å²) in [6, 6.07) is 12.1. The van der Waals surface area contributed by atoms with Crippen LogP contribution in [0, 0.1) is 0 Å². The van der Waals surface area contributed by atoms with E-state index in [1.54, 1.807) is 13.3 Å². The summed E-state index contributed by atoms with van der Waals surface area (Å²) in [5.41, 5.74) is 5.01. The van der Waals surface area contributed by atoms with Crippen LogP contribution in [0.1, 0.15) is 5.56 Å². The molecule has 0 amide bonds. The monoisotopic (exact) mass is 415 g/mol. The van der Waals surface area contributed by atoms with Crippen molar-refractivity contribution in [2.24, 2.45) is 0 Å². The van der Waals surface area contributed by atoms with E-state index in [0.29, 0.717) is 5.95 Å². The lowest BCUT2D eigenvalue weighted by Gasteiger charge is -2.27. The minimum absolute atomic E-state index is 0.664. The van der Waals surface area contributed by atoms with Crippen LogP contribution in [0.3, 0.4) is 0 Å². The predicted octanol–water partition coefficient (Wildman–Crippen LogP) is 3.18. The van der Waals surface area contributed by atoms with Gasteiger partial charge in [-0.3, -0.25) is 9.88 Å². The third kappa shape index (κ3) is 4.35. The van der Waals surface area contributed by atoms with E-state index >= 15 is 0 Å². The fourth-order valence-electron chi connectivity index (χ4n) is 3.90. The first kappa shape index (κ1) is 19.5. The van der Waals surface area contributed by atoms with Crippen LogP contribution < -0.4 is 15.4 Å². The first-order valence-corrected chi connectivity index (χ1v) is 10.4. The molecule has 158 valence electrons. The molecular formula is C23H25N7O. The quantitative estimate of drug-likeness (QED) is 0.446. The second kappa shape index (κ2) is 8.71. The van der Waals surface area contributed by atoms with Gasteiger partial charge in [0.1, 0.15) is 11.6 Å². The highest BCUT2D eigenvalue weighted by Crippen LogP contribution is 2.31. The Balaban J connectivity index is 1.36. The Morgan fingerprint density at radius 1 is 1.10 bits per heavy atom. The Kier molecular flexibility index (Phi) is 5.47. The van der Waals surface area contributed by atoms with Crippen molar-refractivity contribution >= 4 is 22.8 Å². The zero-order valence-electron chi connectivity index (χ0n) is 17.4. The molecule has 1 aliphatic rings. The highest BCUT2D eigenvalue weighted by molar-refractivity contribution is 5.85. The zero-order valence-corrected chi connectivity index (χ0v) is 17.4. The molecule has 1 saturated heterocycles.